The van der Waals surface area contributed by atoms with Gasteiger partial charge in [0.15, 0.2) is 0 Å². The zero-order chi connectivity index (χ0) is 14.3. The maximum atomic E-state index is 12.2. The Bertz CT molecular complexity index is 411. The first-order valence-corrected chi connectivity index (χ1v) is 7.81. The first-order chi connectivity index (χ1) is 9.12. The Balaban J connectivity index is 2.75. The average Bonchev–Trinajstić information content (AvgIpc) is 2.49. The molecule has 0 unspecified atom stereocenters. The fraction of sp³-hybridized carbons (Fsp3) is 0.571. The molecule has 0 aromatic carbocycles. The monoisotopic (exact) mass is 281 g/mol. The van der Waals surface area contributed by atoms with Crippen molar-refractivity contribution < 1.29 is 4.79 Å². The van der Waals surface area contributed by atoms with Crippen molar-refractivity contribution in [2.45, 2.75) is 31.4 Å². The second-order valence-electron chi connectivity index (χ2n) is 4.43. The molecule has 106 valence electrons. The van der Waals surface area contributed by atoms with Gasteiger partial charge in [0.1, 0.15) is 5.82 Å². The van der Waals surface area contributed by atoms with Crippen LogP contribution in [0.2, 0.25) is 0 Å². The summed E-state index contributed by atoms with van der Waals surface area (Å²) in [5.41, 5.74) is 0.590. The lowest BCUT2D eigenvalue weighted by molar-refractivity contribution is 0.0949. The number of anilines is 1. The van der Waals surface area contributed by atoms with Gasteiger partial charge in [-0.05, 0) is 31.2 Å². The summed E-state index contributed by atoms with van der Waals surface area (Å²) in [6.45, 7) is 5.00. The van der Waals surface area contributed by atoms with Gasteiger partial charge in [-0.2, -0.15) is 11.8 Å². The van der Waals surface area contributed by atoms with Crippen LogP contribution in [0.1, 0.15) is 37.0 Å². The second-order valence-corrected chi connectivity index (χ2v) is 5.70. The van der Waals surface area contributed by atoms with Crippen molar-refractivity contribution >= 4 is 23.5 Å². The summed E-state index contributed by atoms with van der Waals surface area (Å²) < 4.78 is 0.123. The molecule has 0 atom stereocenters. The number of hydrogen-bond donors (Lipinski definition) is 2. The first-order valence-electron chi connectivity index (χ1n) is 6.58. The predicted molar refractivity (Wildman–Crippen MR) is 82.9 cm³/mol. The summed E-state index contributed by atoms with van der Waals surface area (Å²) in [6, 6.07) is 3.56. The molecule has 0 saturated carbocycles. The lowest BCUT2D eigenvalue weighted by Gasteiger charge is -2.29. The third-order valence-electron chi connectivity index (χ3n) is 3.58. The third-order valence-corrected chi connectivity index (χ3v) is 5.17. The van der Waals surface area contributed by atoms with Crippen LogP contribution in [0.3, 0.4) is 0 Å². The molecular formula is C14H23N3OS. The molecule has 0 aliphatic rings. The molecular weight excluding hydrogens is 258 g/mol. The van der Waals surface area contributed by atoms with Crippen LogP contribution < -0.4 is 10.6 Å². The van der Waals surface area contributed by atoms with Gasteiger partial charge in [-0.3, -0.25) is 4.79 Å². The number of pyridine rings is 1. The summed E-state index contributed by atoms with van der Waals surface area (Å²) in [4.78, 5) is 16.4. The number of nitrogens with zero attached hydrogens (tertiary/aromatic N) is 1. The topological polar surface area (TPSA) is 54.0 Å². The highest BCUT2D eigenvalue weighted by Gasteiger charge is 2.26. The smallest absolute Gasteiger partial charge is 0.255 e. The number of nitrogens with one attached hydrogen (secondary N) is 2. The van der Waals surface area contributed by atoms with Crippen LogP contribution in [0.4, 0.5) is 5.82 Å². The van der Waals surface area contributed by atoms with E-state index in [-0.39, 0.29) is 10.7 Å². The number of carbonyl (C=O) groups is 1. The summed E-state index contributed by atoms with van der Waals surface area (Å²) in [6.07, 6.45) is 5.85. The summed E-state index contributed by atoms with van der Waals surface area (Å²) >= 11 is 1.82. The Morgan fingerprint density at radius 1 is 1.42 bits per heavy atom. The van der Waals surface area contributed by atoms with Gasteiger partial charge in [-0.15, -0.1) is 0 Å². The fourth-order valence-corrected chi connectivity index (χ4v) is 2.78. The van der Waals surface area contributed by atoms with Crippen LogP contribution in [-0.4, -0.2) is 35.5 Å². The van der Waals surface area contributed by atoms with Crippen LogP contribution in [0.15, 0.2) is 18.3 Å². The minimum atomic E-state index is -0.0715. The zero-order valence-corrected chi connectivity index (χ0v) is 12.9. The lowest BCUT2D eigenvalue weighted by Crippen LogP contribution is -2.39. The van der Waals surface area contributed by atoms with Gasteiger partial charge in [0.05, 0.1) is 5.56 Å². The van der Waals surface area contributed by atoms with Gasteiger partial charge in [0.2, 0.25) is 0 Å². The minimum Gasteiger partial charge on any atom is -0.372 e. The molecule has 1 heterocycles. The van der Waals surface area contributed by atoms with Crippen LogP contribution >= 0.6 is 11.8 Å². The van der Waals surface area contributed by atoms with E-state index in [1.807, 2.05) is 11.8 Å². The highest BCUT2D eigenvalue weighted by Crippen LogP contribution is 2.29. The highest BCUT2D eigenvalue weighted by atomic mass is 32.2. The maximum absolute atomic E-state index is 12.2. The standard InChI is InChI=1S/C14H23N3OS/c1-5-14(6-2,19-4)10-17-13(18)11-8-7-9-16-12(11)15-3/h7-9H,5-6,10H2,1-4H3,(H,15,16)(H,17,18). The van der Waals surface area contributed by atoms with Crippen molar-refractivity contribution in [1.82, 2.24) is 10.3 Å². The third kappa shape index (κ3) is 3.86. The van der Waals surface area contributed by atoms with Crippen molar-refractivity contribution in [3.63, 3.8) is 0 Å². The molecule has 0 bridgehead atoms. The molecule has 0 aliphatic heterocycles. The number of rotatable bonds is 7. The molecule has 0 radical (unpaired) electrons. The molecule has 19 heavy (non-hydrogen) atoms. The number of aromatic nitrogens is 1. The fourth-order valence-electron chi connectivity index (χ4n) is 1.99. The van der Waals surface area contributed by atoms with Crippen molar-refractivity contribution in [1.29, 1.82) is 0 Å². The Morgan fingerprint density at radius 3 is 2.63 bits per heavy atom. The van der Waals surface area contributed by atoms with Gasteiger partial charge < -0.3 is 10.6 Å². The van der Waals surface area contributed by atoms with Gasteiger partial charge in [-0.1, -0.05) is 13.8 Å². The molecule has 0 aliphatic carbocycles. The van der Waals surface area contributed by atoms with Crippen molar-refractivity contribution in [3.8, 4) is 0 Å². The predicted octanol–water partition coefficient (Wildman–Crippen LogP) is 2.77. The van der Waals surface area contributed by atoms with Crippen molar-refractivity contribution in [3.05, 3.63) is 23.9 Å². The average molecular weight is 281 g/mol. The molecule has 0 fully saturated rings. The van der Waals surface area contributed by atoms with E-state index in [1.54, 1.807) is 25.4 Å². The van der Waals surface area contributed by atoms with Gasteiger partial charge >= 0.3 is 0 Å². The Hall–Kier alpha value is -1.23. The van der Waals surface area contributed by atoms with E-state index < -0.39 is 0 Å². The van der Waals surface area contributed by atoms with Gasteiger partial charge in [0, 0.05) is 24.5 Å². The first kappa shape index (κ1) is 15.8. The number of hydrogen-bond acceptors (Lipinski definition) is 4. The molecule has 1 aromatic heterocycles. The quantitative estimate of drug-likeness (QED) is 0.807. The zero-order valence-electron chi connectivity index (χ0n) is 12.1. The van der Waals surface area contributed by atoms with E-state index in [0.29, 0.717) is 17.9 Å². The van der Waals surface area contributed by atoms with Crippen LogP contribution in [0.25, 0.3) is 0 Å². The largest absolute Gasteiger partial charge is 0.372 e. The second kappa shape index (κ2) is 7.38. The summed E-state index contributed by atoms with van der Waals surface area (Å²) in [5, 5.41) is 5.97. The minimum absolute atomic E-state index is 0.0715. The number of thioether (sulfide) groups is 1. The maximum Gasteiger partial charge on any atom is 0.255 e. The van der Waals surface area contributed by atoms with E-state index in [4.69, 9.17) is 0 Å². The van der Waals surface area contributed by atoms with Crippen LogP contribution in [0.5, 0.6) is 0 Å². The van der Waals surface area contributed by atoms with Crippen LogP contribution in [0, 0.1) is 0 Å². The van der Waals surface area contributed by atoms with E-state index in [2.05, 4.69) is 35.7 Å². The lowest BCUT2D eigenvalue weighted by atomic mass is 10.0. The number of carbonyl (C=O) groups excluding carboxylic acids is 1. The Labute approximate surface area is 119 Å². The van der Waals surface area contributed by atoms with E-state index in [9.17, 15) is 4.79 Å². The van der Waals surface area contributed by atoms with Crippen molar-refractivity contribution in [2.75, 3.05) is 25.2 Å². The van der Waals surface area contributed by atoms with Gasteiger partial charge in [0.25, 0.3) is 5.91 Å². The molecule has 1 rings (SSSR count). The van der Waals surface area contributed by atoms with Crippen molar-refractivity contribution in [2.24, 2.45) is 0 Å². The molecule has 5 heteroatoms. The SMILES string of the molecule is CCC(CC)(CNC(=O)c1cccnc1NC)SC. The molecule has 1 aromatic rings. The Morgan fingerprint density at radius 2 is 2.11 bits per heavy atom. The summed E-state index contributed by atoms with van der Waals surface area (Å²) in [7, 11) is 1.77. The molecule has 2 N–H and O–H groups in total. The molecule has 0 spiro atoms. The number of amides is 1. The normalized spacial score (nSPS) is 11.2. The van der Waals surface area contributed by atoms with Gasteiger partial charge in [-0.25, -0.2) is 4.98 Å². The molecule has 1 amide bonds. The van der Waals surface area contributed by atoms with E-state index >= 15 is 0 Å². The molecule has 0 saturated heterocycles. The highest BCUT2D eigenvalue weighted by molar-refractivity contribution is 8.00. The van der Waals surface area contributed by atoms with E-state index in [0.717, 1.165) is 12.8 Å². The Kier molecular flexibility index (Phi) is 6.15. The summed E-state index contributed by atoms with van der Waals surface area (Å²) in [5.74, 6) is 0.542. The van der Waals surface area contributed by atoms with Crippen LogP contribution in [-0.2, 0) is 0 Å². The molecule has 4 nitrogen and oxygen atoms in total. The van der Waals surface area contributed by atoms with E-state index in [1.165, 1.54) is 0 Å².